The highest BCUT2D eigenvalue weighted by molar-refractivity contribution is 5.79. The Kier molecular flexibility index (Phi) is 1.24. The van der Waals surface area contributed by atoms with Gasteiger partial charge in [0.15, 0.2) is 0 Å². The van der Waals surface area contributed by atoms with E-state index in [0.717, 1.165) is 5.70 Å². The quantitative estimate of drug-likeness (QED) is 0.542. The van der Waals surface area contributed by atoms with Crippen LogP contribution in [0.4, 0.5) is 0 Å². The predicted octanol–water partition coefficient (Wildman–Crippen LogP) is -0.239. The Labute approximate surface area is 65.0 Å². The summed E-state index contributed by atoms with van der Waals surface area (Å²) in [5.41, 5.74) is 6.35. The van der Waals surface area contributed by atoms with Crippen LogP contribution in [0.2, 0.25) is 0 Å². The second kappa shape index (κ2) is 2.12. The molecule has 3 N–H and O–H groups in total. The molecule has 0 aromatic carbocycles. The molecular formula is C8H10N2O. The molecule has 2 aliphatic rings. The smallest absolute Gasteiger partial charge is 0.223 e. The first kappa shape index (κ1) is 6.46. The molecule has 0 aromatic heterocycles. The van der Waals surface area contributed by atoms with Gasteiger partial charge in [0, 0.05) is 18.2 Å². The van der Waals surface area contributed by atoms with Gasteiger partial charge in [-0.1, -0.05) is 12.2 Å². The molecule has 0 spiro atoms. The fourth-order valence-corrected chi connectivity index (χ4v) is 1.65. The van der Waals surface area contributed by atoms with E-state index in [1.54, 1.807) is 0 Å². The Bertz CT molecular complexity index is 255. The summed E-state index contributed by atoms with van der Waals surface area (Å²) in [6.07, 6.45) is 5.97. The van der Waals surface area contributed by atoms with Crippen molar-refractivity contribution in [2.75, 3.05) is 6.54 Å². The van der Waals surface area contributed by atoms with E-state index in [0.29, 0.717) is 6.54 Å². The summed E-state index contributed by atoms with van der Waals surface area (Å²) in [4.78, 5) is 10.9. The molecular weight excluding hydrogens is 140 g/mol. The van der Waals surface area contributed by atoms with Crippen LogP contribution in [0.15, 0.2) is 23.9 Å². The van der Waals surface area contributed by atoms with E-state index >= 15 is 0 Å². The van der Waals surface area contributed by atoms with Crippen LogP contribution in [0.3, 0.4) is 0 Å². The van der Waals surface area contributed by atoms with Crippen molar-refractivity contribution in [3.8, 4) is 0 Å². The highest BCUT2D eigenvalue weighted by Gasteiger charge is 2.34. The topological polar surface area (TPSA) is 55.1 Å². The van der Waals surface area contributed by atoms with Crippen LogP contribution in [0, 0.1) is 11.8 Å². The second-order valence-electron chi connectivity index (χ2n) is 2.92. The summed E-state index contributed by atoms with van der Waals surface area (Å²) in [7, 11) is 0. The number of nitrogens with one attached hydrogen (secondary N) is 1. The van der Waals surface area contributed by atoms with E-state index in [9.17, 15) is 4.79 Å². The molecule has 1 aliphatic carbocycles. The Morgan fingerprint density at radius 1 is 1.73 bits per heavy atom. The Balaban J connectivity index is 2.22. The van der Waals surface area contributed by atoms with Gasteiger partial charge >= 0.3 is 0 Å². The van der Waals surface area contributed by atoms with Crippen LogP contribution in [-0.4, -0.2) is 12.5 Å². The average molecular weight is 150 g/mol. The van der Waals surface area contributed by atoms with Gasteiger partial charge < -0.3 is 11.1 Å². The molecule has 11 heavy (non-hydrogen) atoms. The van der Waals surface area contributed by atoms with Crippen LogP contribution in [0.1, 0.15) is 0 Å². The molecule has 1 amide bonds. The summed E-state index contributed by atoms with van der Waals surface area (Å²) in [6, 6.07) is 0. The van der Waals surface area contributed by atoms with Gasteiger partial charge in [-0.15, -0.1) is 0 Å². The molecule has 1 saturated heterocycles. The fraction of sp³-hybridized carbons (Fsp3) is 0.375. The SMILES string of the molecule is NC(=O)C1CNC2=CC=CC21. The summed E-state index contributed by atoms with van der Waals surface area (Å²) < 4.78 is 0. The monoisotopic (exact) mass is 150 g/mol. The molecule has 2 rings (SSSR count). The molecule has 58 valence electrons. The van der Waals surface area contributed by atoms with Crippen LogP contribution in [0.25, 0.3) is 0 Å². The number of carbonyl (C=O) groups is 1. The molecule has 0 radical (unpaired) electrons. The molecule has 2 atom stereocenters. The zero-order chi connectivity index (χ0) is 7.84. The summed E-state index contributed by atoms with van der Waals surface area (Å²) in [5.74, 6) is -0.0232. The minimum Gasteiger partial charge on any atom is -0.387 e. The molecule has 3 heteroatoms. The van der Waals surface area contributed by atoms with Gasteiger partial charge in [0.1, 0.15) is 0 Å². The number of carbonyl (C=O) groups excluding carboxylic acids is 1. The maximum atomic E-state index is 10.9. The van der Waals surface area contributed by atoms with Gasteiger partial charge in [0.2, 0.25) is 5.91 Å². The van der Waals surface area contributed by atoms with Crippen molar-refractivity contribution in [2.45, 2.75) is 0 Å². The lowest BCUT2D eigenvalue weighted by molar-refractivity contribution is -0.121. The Hall–Kier alpha value is -1.25. The van der Waals surface area contributed by atoms with Gasteiger partial charge in [-0.3, -0.25) is 4.79 Å². The fourth-order valence-electron chi connectivity index (χ4n) is 1.65. The Morgan fingerprint density at radius 3 is 3.27 bits per heavy atom. The normalized spacial score (nSPS) is 32.9. The summed E-state index contributed by atoms with van der Waals surface area (Å²) in [5, 5.41) is 3.15. The standard InChI is InChI=1S/C8H10N2O/c9-8(11)6-4-10-7-3-1-2-5(6)7/h1-3,5-6,10H,4H2,(H2,9,11). The van der Waals surface area contributed by atoms with Gasteiger partial charge in [-0.05, 0) is 6.08 Å². The van der Waals surface area contributed by atoms with Crippen molar-refractivity contribution >= 4 is 5.91 Å². The van der Waals surface area contributed by atoms with Crippen molar-refractivity contribution in [3.63, 3.8) is 0 Å². The number of hydrogen-bond acceptors (Lipinski definition) is 2. The first-order valence-electron chi connectivity index (χ1n) is 3.70. The van der Waals surface area contributed by atoms with Crippen molar-refractivity contribution in [3.05, 3.63) is 23.9 Å². The molecule has 0 aromatic rings. The lowest BCUT2D eigenvalue weighted by Crippen LogP contribution is -2.28. The van der Waals surface area contributed by atoms with Crippen molar-refractivity contribution in [1.82, 2.24) is 5.32 Å². The molecule has 0 bridgehead atoms. The molecule has 1 aliphatic heterocycles. The van der Waals surface area contributed by atoms with E-state index in [2.05, 4.69) is 5.32 Å². The number of amides is 1. The van der Waals surface area contributed by atoms with Gasteiger partial charge in [0.25, 0.3) is 0 Å². The number of rotatable bonds is 1. The molecule has 2 unspecified atom stereocenters. The van der Waals surface area contributed by atoms with E-state index < -0.39 is 0 Å². The minimum absolute atomic E-state index is 0.0417. The number of allylic oxidation sites excluding steroid dienone is 3. The third-order valence-corrected chi connectivity index (χ3v) is 2.28. The van der Waals surface area contributed by atoms with E-state index in [1.165, 1.54) is 0 Å². The lowest BCUT2D eigenvalue weighted by atomic mass is 9.95. The third kappa shape index (κ3) is 0.843. The highest BCUT2D eigenvalue weighted by atomic mass is 16.1. The Morgan fingerprint density at radius 2 is 2.55 bits per heavy atom. The number of hydrogen-bond donors (Lipinski definition) is 2. The van der Waals surface area contributed by atoms with Crippen molar-refractivity contribution < 1.29 is 4.79 Å². The van der Waals surface area contributed by atoms with E-state index in [1.807, 2.05) is 18.2 Å². The zero-order valence-corrected chi connectivity index (χ0v) is 6.08. The minimum atomic E-state index is -0.211. The number of nitrogens with two attached hydrogens (primary N) is 1. The largest absolute Gasteiger partial charge is 0.387 e. The highest BCUT2D eigenvalue weighted by Crippen LogP contribution is 2.30. The maximum Gasteiger partial charge on any atom is 0.223 e. The summed E-state index contributed by atoms with van der Waals surface area (Å²) in [6.45, 7) is 0.691. The van der Waals surface area contributed by atoms with E-state index in [4.69, 9.17) is 5.73 Å². The average Bonchev–Trinajstić information content (AvgIpc) is 2.41. The van der Waals surface area contributed by atoms with Crippen LogP contribution >= 0.6 is 0 Å². The van der Waals surface area contributed by atoms with Crippen molar-refractivity contribution in [2.24, 2.45) is 17.6 Å². The lowest BCUT2D eigenvalue weighted by Gasteiger charge is -2.07. The van der Waals surface area contributed by atoms with E-state index in [-0.39, 0.29) is 17.7 Å². The summed E-state index contributed by atoms with van der Waals surface area (Å²) >= 11 is 0. The van der Waals surface area contributed by atoms with Gasteiger partial charge in [0.05, 0.1) is 5.92 Å². The number of fused-ring (bicyclic) bond motifs is 1. The molecule has 1 fully saturated rings. The predicted molar refractivity (Wildman–Crippen MR) is 41.4 cm³/mol. The van der Waals surface area contributed by atoms with Crippen LogP contribution in [0.5, 0.6) is 0 Å². The molecule has 1 heterocycles. The molecule has 3 nitrogen and oxygen atoms in total. The number of primary amides is 1. The molecule has 0 saturated carbocycles. The third-order valence-electron chi connectivity index (χ3n) is 2.28. The second-order valence-corrected chi connectivity index (χ2v) is 2.92. The van der Waals surface area contributed by atoms with Gasteiger partial charge in [-0.2, -0.15) is 0 Å². The van der Waals surface area contributed by atoms with Gasteiger partial charge in [-0.25, -0.2) is 0 Å². The van der Waals surface area contributed by atoms with Crippen LogP contribution < -0.4 is 11.1 Å². The zero-order valence-electron chi connectivity index (χ0n) is 6.08. The van der Waals surface area contributed by atoms with Crippen LogP contribution in [-0.2, 0) is 4.79 Å². The first-order chi connectivity index (χ1) is 5.29. The maximum absolute atomic E-state index is 10.9. The first-order valence-corrected chi connectivity index (χ1v) is 3.70. The van der Waals surface area contributed by atoms with Crippen molar-refractivity contribution in [1.29, 1.82) is 0 Å².